The van der Waals surface area contributed by atoms with Gasteiger partial charge in [-0.05, 0) is 37.4 Å². The van der Waals surface area contributed by atoms with Crippen LogP contribution >= 0.6 is 0 Å². The molecule has 146 valence electrons. The second-order valence-electron chi connectivity index (χ2n) is 7.95. The van der Waals surface area contributed by atoms with Gasteiger partial charge in [0, 0.05) is 5.56 Å². The summed E-state index contributed by atoms with van der Waals surface area (Å²) in [4.78, 5) is 0. The highest BCUT2D eigenvalue weighted by Gasteiger charge is 2.06. The van der Waals surface area contributed by atoms with Crippen LogP contribution in [0.25, 0.3) is 0 Å². The van der Waals surface area contributed by atoms with Crippen LogP contribution in [-0.4, -0.2) is 12.6 Å². The average Bonchev–Trinajstić information content (AvgIpc) is 2.64. The second-order valence-corrected chi connectivity index (χ2v) is 7.95. The van der Waals surface area contributed by atoms with Gasteiger partial charge in [0.2, 0.25) is 0 Å². The van der Waals surface area contributed by atoms with Crippen LogP contribution in [0, 0.1) is 17.8 Å². The minimum absolute atomic E-state index is 0.314. The zero-order chi connectivity index (χ0) is 18.9. The highest BCUT2D eigenvalue weighted by molar-refractivity contribution is 5.34. The Morgan fingerprint density at radius 1 is 0.808 bits per heavy atom. The fourth-order valence-corrected chi connectivity index (χ4v) is 3.25. The van der Waals surface area contributed by atoms with E-state index in [9.17, 15) is 0 Å². The average molecular weight is 356 g/mol. The minimum atomic E-state index is 0.314. The van der Waals surface area contributed by atoms with Crippen molar-refractivity contribution in [3.8, 4) is 11.8 Å². The Kier molecular flexibility index (Phi) is 14.0. The topological polar surface area (TPSA) is 12.0 Å². The Bertz CT molecular complexity index is 480. The van der Waals surface area contributed by atoms with E-state index in [2.05, 4.69) is 62.2 Å². The largest absolute Gasteiger partial charge is 0.304 e. The van der Waals surface area contributed by atoms with Gasteiger partial charge in [0.15, 0.2) is 0 Å². The molecule has 1 nitrogen and oxygen atoms in total. The van der Waals surface area contributed by atoms with Crippen LogP contribution in [0.3, 0.4) is 0 Å². The van der Waals surface area contributed by atoms with E-state index < -0.39 is 0 Å². The molecule has 1 atom stereocenters. The number of benzene rings is 1. The fourth-order valence-electron chi connectivity index (χ4n) is 3.25. The molecule has 1 aromatic rings. The molecule has 26 heavy (non-hydrogen) atoms. The summed E-state index contributed by atoms with van der Waals surface area (Å²) in [6.45, 7) is 7.93. The third kappa shape index (κ3) is 13.0. The normalized spacial score (nSPS) is 12.0. The predicted molar refractivity (Wildman–Crippen MR) is 116 cm³/mol. The summed E-state index contributed by atoms with van der Waals surface area (Å²) in [5.41, 5.74) is 1.11. The van der Waals surface area contributed by atoms with Crippen LogP contribution in [0.4, 0.5) is 0 Å². The van der Waals surface area contributed by atoms with Gasteiger partial charge in [-0.25, -0.2) is 0 Å². The number of nitrogens with one attached hydrogen (secondary N) is 1. The molecule has 0 saturated heterocycles. The molecular formula is C25H41N. The number of hydrogen-bond donors (Lipinski definition) is 1. The molecule has 0 aromatic heterocycles. The second kappa shape index (κ2) is 16.0. The van der Waals surface area contributed by atoms with Crippen LogP contribution in [-0.2, 0) is 0 Å². The third-order valence-electron chi connectivity index (χ3n) is 4.79. The molecule has 0 amide bonds. The standard InChI is InChI=1S/C25H41N/c1-4-5-6-7-8-9-10-11-12-16-21-26-25(22-23(2)3)20-19-24-17-14-13-15-18-24/h13-15,17-18,23,25-26H,4-12,16,21-22H2,1-3H3. The summed E-state index contributed by atoms with van der Waals surface area (Å²) in [7, 11) is 0. The van der Waals surface area contributed by atoms with Crippen molar-refractivity contribution in [3.63, 3.8) is 0 Å². The van der Waals surface area contributed by atoms with Gasteiger partial charge in [-0.3, -0.25) is 0 Å². The Hall–Kier alpha value is -1.26. The van der Waals surface area contributed by atoms with Crippen LogP contribution < -0.4 is 5.32 Å². The van der Waals surface area contributed by atoms with Crippen molar-refractivity contribution in [2.75, 3.05) is 6.54 Å². The van der Waals surface area contributed by atoms with E-state index >= 15 is 0 Å². The lowest BCUT2D eigenvalue weighted by Gasteiger charge is -2.15. The molecular weight excluding hydrogens is 314 g/mol. The first-order valence-electron chi connectivity index (χ1n) is 11.0. The third-order valence-corrected chi connectivity index (χ3v) is 4.79. The summed E-state index contributed by atoms with van der Waals surface area (Å²) in [6, 6.07) is 10.6. The molecule has 0 radical (unpaired) electrons. The van der Waals surface area contributed by atoms with Crippen molar-refractivity contribution in [2.45, 2.75) is 97.4 Å². The quantitative estimate of drug-likeness (QED) is 0.281. The van der Waals surface area contributed by atoms with Crippen molar-refractivity contribution in [3.05, 3.63) is 35.9 Å². The Balaban J connectivity index is 2.14. The van der Waals surface area contributed by atoms with E-state index in [1.54, 1.807) is 0 Å². The lowest BCUT2D eigenvalue weighted by Crippen LogP contribution is -2.30. The predicted octanol–water partition coefficient (Wildman–Crippen LogP) is 6.96. The van der Waals surface area contributed by atoms with Gasteiger partial charge in [0.1, 0.15) is 0 Å². The highest BCUT2D eigenvalue weighted by Crippen LogP contribution is 2.10. The number of rotatable bonds is 14. The molecule has 1 unspecified atom stereocenters. The molecule has 0 aliphatic rings. The maximum Gasteiger partial charge on any atom is 0.0695 e. The monoisotopic (exact) mass is 355 g/mol. The van der Waals surface area contributed by atoms with E-state index in [1.807, 2.05) is 6.07 Å². The van der Waals surface area contributed by atoms with Gasteiger partial charge in [-0.1, -0.05) is 109 Å². The SMILES string of the molecule is CCCCCCCCCCCCNC(C#Cc1ccccc1)CC(C)C. The Labute approximate surface area is 163 Å². The van der Waals surface area contributed by atoms with Crippen molar-refractivity contribution in [1.82, 2.24) is 5.32 Å². The first-order valence-corrected chi connectivity index (χ1v) is 11.0. The molecule has 0 spiro atoms. The van der Waals surface area contributed by atoms with Crippen LogP contribution in [0.1, 0.15) is 97.0 Å². The van der Waals surface area contributed by atoms with Gasteiger partial charge >= 0.3 is 0 Å². The van der Waals surface area contributed by atoms with Crippen LogP contribution in [0.15, 0.2) is 30.3 Å². The summed E-state index contributed by atoms with van der Waals surface area (Å²) in [5, 5.41) is 3.67. The van der Waals surface area contributed by atoms with Crippen molar-refractivity contribution >= 4 is 0 Å². The summed E-state index contributed by atoms with van der Waals surface area (Å²) >= 11 is 0. The van der Waals surface area contributed by atoms with Gasteiger partial charge < -0.3 is 5.32 Å². The maximum absolute atomic E-state index is 3.67. The molecule has 0 aliphatic heterocycles. The molecule has 1 N–H and O–H groups in total. The van der Waals surface area contributed by atoms with Crippen LogP contribution in [0.2, 0.25) is 0 Å². The van der Waals surface area contributed by atoms with Gasteiger partial charge in [-0.15, -0.1) is 0 Å². The molecule has 0 bridgehead atoms. The zero-order valence-electron chi connectivity index (χ0n) is 17.5. The molecule has 0 aliphatic carbocycles. The maximum atomic E-state index is 3.67. The zero-order valence-corrected chi connectivity index (χ0v) is 17.5. The molecule has 1 rings (SSSR count). The van der Waals surface area contributed by atoms with E-state index in [-0.39, 0.29) is 0 Å². The molecule has 1 heteroatoms. The number of unbranched alkanes of at least 4 members (excludes halogenated alkanes) is 9. The van der Waals surface area contributed by atoms with Gasteiger partial charge in [0.25, 0.3) is 0 Å². The van der Waals surface area contributed by atoms with Gasteiger partial charge in [0.05, 0.1) is 6.04 Å². The summed E-state index contributed by atoms with van der Waals surface area (Å²) in [5.74, 6) is 7.44. The molecule has 0 saturated carbocycles. The van der Waals surface area contributed by atoms with Crippen molar-refractivity contribution < 1.29 is 0 Å². The van der Waals surface area contributed by atoms with E-state index in [1.165, 1.54) is 64.2 Å². The van der Waals surface area contributed by atoms with Crippen LogP contribution in [0.5, 0.6) is 0 Å². The highest BCUT2D eigenvalue weighted by atomic mass is 14.9. The number of hydrogen-bond acceptors (Lipinski definition) is 1. The molecule has 0 heterocycles. The van der Waals surface area contributed by atoms with E-state index in [0.29, 0.717) is 12.0 Å². The van der Waals surface area contributed by atoms with E-state index in [4.69, 9.17) is 0 Å². The Morgan fingerprint density at radius 2 is 1.38 bits per heavy atom. The fraction of sp³-hybridized carbons (Fsp3) is 0.680. The smallest absolute Gasteiger partial charge is 0.0695 e. The first-order chi connectivity index (χ1) is 12.7. The van der Waals surface area contributed by atoms with Crippen molar-refractivity contribution in [1.29, 1.82) is 0 Å². The van der Waals surface area contributed by atoms with Crippen molar-refractivity contribution in [2.24, 2.45) is 5.92 Å². The molecule has 1 aromatic carbocycles. The summed E-state index contributed by atoms with van der Waals surface area (Å²) < 4.78 is 0. The van der Waals surface area contributed by atoms with E-state index in [0.717, 1.165) is 18.5 Å². The Morgan fingerprint density at radius 3 is 1.96 bits per heavy atom. The lowest BCUT2D eigenvalue weighted by molar-refractivity contribution is 0.469. The minimum Gasteiger partial charge on any atom is -0.304 e. The van der Waals surface area contributed by atoms with Gasteiger partial charge in [-0.2, -0.15) is 0 Å². The molecule has 0 fully saturated rings. The summed E-state index contributed by atoms with van der Waals surface area (Å²) in [6.07, 6.45) is 15.0. The lowest BCUT2D eigenvalue weighted by atomic mass is 10.0. The first kappa shape index (κ1) is 22.8.